The smallest absolute Gasteiger partial charge is 0.171 e. The van der Waals surface area contributed by atoms with Crippen LogP contribution in [0.3, 0.4) is 0 Å². The third kappa shape index (κ3) is 2.50. The van der Waals surface area contributed by atoms with Gasteiger partial charge in [-0.3, -0.25) is 0 Å². The molecule has 0 saturated carbocycles. The van der Waals surface area contributed by atoms with Gasteiger partial charge in [-0.2, -0.15) is 0 Å². The first-order valence-corrected chi connectivity index (χ1v) is 7.06. The predicted octanol–water partition coefficient (Wildman–Crippen LogP) is 3.04. The van der Waals surface area contributed by atoms with E-state index < -0.39 is 5.79 Å². The van der Waals surface area contributed by atoms with Crippen molar-refractivity contribution in [2.45, 2.75) is 18.6 Å². The number of phenols is 1. The van der Waals surface area contributed by atoms with Crippen molar-refractivity contribution in [2.75, 3.05) is 31.2 Å². The fourth-order valence-electron chi connectivity index (χ4n) is 2.71. The zero-order chi connectivity index (χ0) is 13.5. The number of aromatic hydroxyl groups is 1. The van der Waals surface area contributed by atoms with Crippen LogP contribution in [0, 0.1) is 0 Å². The lowest BCUT2D eigenvalue weighted by molar-refractivity contribution is -0.169. The highest BCUT2D eigenvalue weighted by molar-refractivity contribution is 6.39. The summed E-state index contributed by atoms with van der Waals surface area (Å²) in [5, 5.41) is 10.4. The fourth-order valence-corrected chi connectivity index (χ4v) is 3.43. The zero-order valence-corrected chi connectivity index (χ0v) is 11.9. The number of halogens is 2. The van der Waals surface area contributed by atoms with Crippen molar-refractivity contribution in [2.24, 2.45) is 0 Å². The fraction of sp³-hybridized carbons (Fsp3) is 0.538. The van der Waals surface area contributed by atoms with E-state index in [0.29, 0.717) is 23.3 Å². The molecule has 1 aromatic carbocycles. The Hall–Kier alpha value is -0.680. The molecule has 0 radical (unpaired) electrons. The van der Waals surface area contributed by atoms with E-state index in [0.717, 1.165) is 31.6 Å². The van der Waals surface area contributed by atoms with E-state index in [9.17, 15) is 5.11 Å². The molecule has 0 bridgehead atoms. The first kappa shape index (κ1) is 13.3. The molecule has 19 heavy (non-hydrogen) atoms. The van der Waals surface area contributed by atoms with E-state index in [4.69, 9.17) is 32.7 Å². The molecule has 0 aliphatic carbocycles. The predicted molar refractivity (Wildman–Crippen MR) is 74.2 cm³/mol. The Balaban J connectivity index is 1.78. The van der Waals surface area contributed by atoms with Gasteiger partial charge in [-0.1, -0.05) is 23.2 Å². The number of anilines is 1. The molecule has 2 aliphatic rings. The number of hydrogen-bond acceptors (Lipinski definition) is 4. The van der Waals surface area contributed by atoms with Gasteiger partial charge >= 0.3 is 0 Å². The van der Waals surface area contributed by atoms with Crippen molar-refractivity contribution >= 4 is 28.9 Å². The Morgan fingerprint density at radius 1 is 1.05 bits per heavy atom. The third-order valence-electron chi connectivity index (χ3n) is 3.66. The average molecular weight is 304 g/mol. The minimum absolute atomic E-state index is 0.0784. The van der Waals surface area contributed by atoms with Crippen LogP contribution in [0.2, 0.25) is 10.0 Å². The van der Waals surface area contributed by atoms with Gasteiger partial charge < -0.3 is 19.5 Å². The van der Waals surface area contributed by atoms with Gasteiger partial charge in [-0.25, -0.2) is 0 Å². The maximum atomic E-state index is 9.46. The van der Waals surface area contributed by atoms with Crippen LogP contribution < -0.4 is 4.90 Å². The number of nitrogens with zero attached hydrogens (tertiary/aromatic N) is 1. The molecular weight excluding hydrogens is 289 g/mol. The van der Waals surface area contributed by atoms with Crippen LogP contribution in [-0.4, -0.2) is 37.2 Å². The Bertz CT molecular complexity index is 456. The van der Waals surface area contributed by atoms with Gasteiger partial charge in [-0.15, -0.1) is 0 Å². The second-order valence-electron chi connectivity index (χ2n) is 4.85. The molecule has 2 heterocycles. The lowest BCUT2D eigenvalue weighted by Gasteiger charge is -2.39. The summed E-state index contributed by atoms with van der Waals surface area (Å²) >= 11 is 12.3. The first-order chi connectivity index (χ1) is 9.10. The molecule has 0 unspecified atom stereocenters. The molecule has 6 heteroatoms. The monoisotopic (exact) mass is 303 g/mol. The highest BCUT2D eigenvalue weighted by atomic mass is 35.5. The van der Waals surface area contributed by atoms with Crippen molar-refractivity contribution in [3.63, 3.8) is 0 Å². The number of rotatable bonds is 1. The molecule has 2 fully saturated rings. The van der Waals surface area contributed by atoms with Crippen molar-refractivity contribution in [3.8, 4) is 5.75 Å². The number of benzene rings is 1. The van der Waals surface area contributed by atoms with Crippen molar-refractivity contribution in [1.82, 2.24) is 0 Å². The van der Waals surface area contributed by atoms with Crippen LogP contribution in [-0.2, 0) is 9.47 Å². The van der Waals surface area contributed by atoms with Gasteiger partial charge in [-0.05, 0) is 0 Å². The summed E-state index contributed by atoms with van der Waals surface area (Å²) in [6.07, 6.45) is 1.58. The molecule has 0 amide bonds. The molecule has 0 aromatic heterocycles. The van der Waals surface area contributed by atoms with E-state index >= 15 is 0 Å². The molecule has 1 aromatic rings. The van der Waals surface area contributed by atoms with E-state index in [1.54, 1.807) is 0 Å². The van der Waals surface area contributed by atoms with Gasteiger partial charge in [0.05, 0.1) is 28.9 Å². The third-order valence-corrected chi connectivity index (χ3v) is 4.23. The standard InChI is InChI=1S/C13H15Cl2NO3/c14-10-7-9(17)8-11(15)12(10)16-3-1-13(2-4-16)18-5-6-19-13/h7-8,17H,1-6H2. The lowest BCUT2D eigenvalue weighted by atomic mass is 10.0. The van der Waals surface area contributed by atoms with Gasteiger partial charge in [0.15, 0.2) is 5.79 Å². The van der Waals surface area contributed by atoms with Crippen LogP contribution in [0.15, 0.2) is 12.1 Å². The summed E-state index contributed by atoms with van der Waals surface area (Å²) in [5.41, 5.74) is 0.772. The summed E-state index contributed by atoms with van der Waals surface area (Å²) in [6.45, 7) is 2.87. The van der Waals surface area contributed by atoms with Crippen molar-refractivity contribution in [1.29, 1.82) is 0 Å². The Morgan fingerprint density at radius 2 is 1.58 bits per heavy atom. The van der Waals surface area contributed by atoms with Crippen LogP contribution >= 0.6 is 23.2 Å². The maximum absolute atomic E-state index is 9.46. The van der Waals surface area contributed by atoms with Gasteiger partial charge in [0.25, 0.3) is 0 Å². The van der Waals surface area contributed by atoms with Gasteiger partial charge in [0, 0.05) is 38.1 Å². The molecule has 0 atom stereocenters. The Morgan fingerprint density at radius 3 is 2.11 bits per heavy atom. The maximum Gasteiger partial charge on any atom is 0.171 e. The average Bonchev–Trinajstić information content (AvgIpc) is 2.79. The number of phenolic OH excluding ortho intramolecular Hbond substituents is 1. The molecule has 2 aliphatic heterocycles. The topological polar surface area (TPSA) is 41.9 Å². The largest absolute Gasteiger partial charge is 0.508 e. The summed E-state index contributed by atoms with van der Waals surface area (Å²) < 4.78 is 11.4. The second kappa shape index (κ2) is 5.02. The SMILES string of the molecule is Oc1cc(Cl)c(N2CCC3(CC2)OCCO3)c(Cl)c1. The number of piperidine rings is 1. The highest BCUT2D eigenvalue weighted by Crippen LogP contribution is 2.40. The van der Waals surface area contributed by atoms with Gasteiger partial charge in [0.2, 0.25) is 0 Å². The van der Waals surface area contributed by atoms with E-state index in [2.05, 4.69) is 4.90 Å². The Kier molecular flexibility index (Phi) is 3.52. The molecule has 3 rings (SSSR count). The molecule has 1 N–H and O–H groups in total. The Labute approximate surface area is 121 Å². The number of ether oxygens (including phenoxy) is 2. The van der Waals surface area contributed by atoms with Crippen LogP contribution in [0.4, 0.5) is 5.69 Å². The molecular formula is C13H15Cl2NO3. The summed E-state index contributed by atoms with van der Waals surface area (Å²) in [6, 6.07) is 3.02. The highest BCUT2D eigenvalue weighted by Gasteiger charge is 2.40. The zero-order valence-electron chi connectivity index (χ0n) is 10.4. The minimum atomic E-state index is -0.410. The van der Waals surface area contributed by atoms with E-state index in [1.165, 1.54) is 12.1 Å². The summed E-state index contributed by atoms with van der Waals surface area (Å²) in [5.74, 6) is -0.332. The van der Waals surface area contributed by atoms with Crippen molar-refractivity contribution < 1.29 is 14.6 Å². The number of hydrogen-bond donors (Lipinski definition) is 1. The van der Waals surface area contributed by atoms with Crippen LogP contribution in [0.5, 0.6) is 5.75 Å². The van der Waals surface area contributed by atoms with Crippen LogP contribution in [0.1, 0.15) is 12.8 Å². The first-order valence-electron chi connectivity index (χ1n) is 6.31. The van der Waals surface area contributed by atoms with Gasteiger partial charge in [0.1, 0.15) is 5.75 Å². The minimum Gasteiger partial charge on any atom is -0.508 e. The normalized spacial score (nSPS) is 22.1. The molecule has 2 saturated heterocycles. The summed E-state index contributed by atoms with van der Waals surface area (Å²) in [7, 11) is 0. The quantitative estimate of drug-likeness (QED) is 0.866. The molecule has 1 spiro atoms. The van der Waals surface area contributed by atoms with Crippen LogP contribution in [0.25, 0.3) is 0 Å². The van der Waals surface area contributed by atoms with E-state index in [1.807, 2.05) is 0 Å². The second-order valence-corrected chi connectivity index (χ2v) is 5.67. The van der Waals surface area contributed by atoms with Crippen molar-refractivity contribution in [3.05, 3.63) is 22.2 Å². The summed E-state index contributed by atoms with van der Waals surface area (Å²) in [4.78, 5) is 2.11. The van der Waals surface area contributed by atoms with E-state index in [-0.39, 0.29) is 5.75 Å². The molecule has 4 nitrogen and oxygen atoms in total. The lowest BCUT2D eigenvalue weighted by Crippen LogP contribution is -2.45. The molecule has 104 valence electrons.